The number of fused-ring (bicyclic) bond motifs is 1. The van der Waals surface area contributed by atoms with Crippen molar-refractivity contribution in [1.82, 2.24) is 9.88 Å². The number of halogens is 1. The molecule has 1 fully saturated rings. The molecule has 1 amide bonds. The molecule has 0 saturated carbocycles. The lowest BCUT2D eigenvalue weighted by atomic mass is 10.1. The Morgan fingerprint density at radius 1 is 1.04 bits per heavy atom. The highest BCUT2D eigenvalue weighted by atomic mass is 19.1. The fourth-order valence-corrected chi connectivity index (χ4v) is 3.57. The van der Waals surface area contributed by atoms with Crippen molar-refractivity contribution in [2.24, 2.45) is 0 Å². The number of piperazine rings is 1. The SMILES string of the molecule is Cc1cc(N2CCN(C(=O)Cc3ccc(F)cc3)CC2)nc2ccccc12. The standard InChI is InChI=1S/C22H22FN3O/c1-16-14-21(24-20-5-3-2-4-19(16)20)25-10-12-26(13-11-25)22(27)15-17-6-8-18(23)9-7-17/h2-9,14H,10-13,15H2,1H3. The van der Waals surface area contributed by atoms with Crippen molar-refractivity contribution in [3.63, 3.8) is 0 Å². The van der Waals surface area contributed by atoms with Gasteiger partial charge in [-0.1, -0.05) is 30.3 Å². The number of benzene rings is 2. The third-order valence-corrected chi connectivity index (χ3v) is 5.13. The van der Waals surface area contributed by atoms with E-state index in [4.69, 9.17) is 4.98 Å². The molecule has 1 aromatic heterocycles. The molecule has 138 valence electrons. The minimum absolute atomic E-state index is 0.0870. The highest BCUT2D eigenvalue weighted by Gasteiger charge is 2.22. The number of pyridine rings is 1. The Bertz CT molecular complexity index is 963. The maximum atomic E-state index is 13.0. The molecule has 3 aromatic rings. The molecule has 0 atom stereocenters. The van der Waals surface area contributed by atoms with E-state index in [1.807, 2.05) is 23.1 Å². The Labute approximate surface area is 158 Å². The Morgan fingerprint density at radius 2 is 1.74 bits per heavy atom. The molecule has 2 heterocycles. The van der Waals surface area contributed by atoms with Gasteiger partial charge in [-0.15, -0.1) is 0 Å². The van der Waals surface area contributed by atoms with Crippen LogP contribution < -0.4 is 4.90 Å². The maximum Gasteiger partial charge on any atom is 0.227 e. The molecule has 1 aliphatic heterocycles. The summed E-state index contributed by atoms with van der Waals surface area (Å²) in [6.45, 7) is 4.98. The van der Waals surface area contributed by atoms with E-state index in [1.54, 1.807) is 12.1 Å². The molecular weight excluding hydrogens is 341 g/mol. The third kappa shape index (κ3) is 3.77. The number of carbonyl (C=O) groups excluding carboxylic acids is 1. The van der Waals surface area contributed by atoms with Crippen LogP contribution in [0.1, 0.15) is 11.1 Å². The summed E-state index contributed by atoms with van der Waals surface area (Å²) in [6, 6.07) is 16.4. The van der Waals surface area contributed by atoms with Crippen molar-refractivity contribution in [1.29, 1.82) is 0 Å². The highest BCUT2D eigenvalue weighted by molar-refractivity contribution is 5.84. The van der Waals surface area contributed by atoms with Gasteiger partial charge in [-0.3, -0.25) is 4.79 Å². The normalized spacial score (nSPS) is 14.6. The van der Waals surface area contributed by atoms with Gasteiger partial charge in [-0.2, -0.15) is 0 Å². The van der Waals surface area contributed by atoms with Crippen LogP contribution in [-0.4, -0.2) is 42.0 Å². The number of para-hydroxylation sites is 1. The average Bonchev–Trinajstić information content (AvgIpc) is 2.70. The van der Waals surface area contributed by atoms with Crippen LogP contribution in [0, 0.1) is 12.7 Å². The van der Waals surface area contributed by atoms with E-state index in [1.165, 1.54) is 23.1 Å². The molecule has 0 N–H and O–H groups in total. The summed E-state index contributed by atoms with van der Waals surface area (Å²) < 4.78 is 13.0. The van der Waals surface area contributed by atoms with E-state index in [-0.39, 0.29) is 11.7 Å². The average molecular weight is 363 g/mol. The molecule has 1 aliphatic rings. The van der Waals surface area contributed by atoms with Crippen LogP contribution in [0.4, 0.5) is 10.2 Å². The molecule has 1 saturated heterocycles. The lowest BCUT2D eigenvalue weighted by Crippen LogP contribution is -2.49. The molecule has 5 heteroatoms. The smallest absolute Gasteiger partial charge is 0.227 e. The van der Waals surface area contributed by atoms with Crippen molar-refractivity contribution in [3.8, 4) is 0 Å². The van der Waals surface area contributed by atoms with Crippen LogP contribution >= 0.6 is 0 Å². The van der Waals surface area contributed by atoms with Crippen LogP contribution in [0.25, 0.3) is 10.9 Å². The number of amides is 1. The van der Waals surface area contributed by atoms with Gasteiger partial charge in [0, 0.05) is 31.6 Å². The number of hydrogen-bond acceptors (Lipinski definition) is 3. The fourth-order valence-electron chi connectivity index (χ4n) is 3.57. The van der Waals surface area contributed by atoms with Gasteiger partial charge in [0.05, 0.1) is 11.9 Å². The van der Waals surface area contributed by atoms with Crippen molar-refractivity contribution in [2.45, 2.75) is 13.3 Å². The van der Waals surface area contributed by atoms with E-state index >= 15 is 0 Å². The Morgan fingerprint density at radius 3 is 2.48 bits per heavy atom. The van der Waals surface area contributed by atoms with Gasteiger partial charge in [0.15, 0.2) is 0 Å². The Kier molecular flexibility index (Phi) is 4.75. The zero-order valence-corrected chi connectivity index (χ0v) is 15.4. The number of aromatic nitrogens is 1. The molecule has 0 radical (unpaired) electrons. The quantitative estimate of drug-likeness (QED) is 0.714. The lowest BCUT2D eigenvalue weighted by molar-refractivity contribution is -0.130. The molecule has 2 aromatic carbocycles. The predicted molar refractivity (Wildman–Crippen MR) is 105 cm³/mol. The number of anilines is 1. The minimum atomic E-state index is -0.280. The van der Waals surface area contributed by atoms with E-state index in [9.17, 15) is 9.18 Å². The van der Waals surface area contributed by atoms with E-state index < -0.39 is 0 Å². The number of aryl methyl sites for hydroxylation is 1. The molecule has 4 rings (SSSR count). The zero-order valence-electron chi connectivity index (χ0n) is 15.4. The fraction of sp³-hybridized carbons (Fsp3) is 0.273. The van der Waals surface area contributed by atoms with Crippen LogP contribution in [0.15, 0.2) is 54.6 Å². The molecule has 0 spiro atoms. The van der Waals surface area contributed by atoms with E-state index in [0.29, 0.717) is 19.5 Å². The van der Waals surface area contributed by atoms with Gasteiger partial charge in [0.25, 0.3) is 0 Å². The number of carbonyl (C=O) groups is 1. The molecule has 4 nitrogen and oxygen atoms in total. The second-order valence-electron chi connectivity index (χ2n) is 6.99. The molecule has 0 aliphatic carbocycles. The summed E-state index contributed by atoms with van der Waals surface area (Å²) in [4.78, 5) is 21.4. The first-order valence-corrected chi connectivity index (χ1v) is 9.24. The summed E-state index contributed by atoms with van der Waals surface area (Å²) in [6.07, 6.45) is 0.313. The highest BCUT2D eigenvalue weighted by Crippen LogP contribution is 2.23. The number of nitrogens with zero attached hydrogens (tertiary/aromatic N) is 3. The van der Waals surface area contributed by atoms with Gasteiger partial charge in [-0.05, 0) is 42.3 Å². The summed E-state index contributed by atoms with van der Waals surface area (Å²) in [7, 11) is 0. The minimum Gasteiger partial charge on any atom is -0.353 e. The second-order valence-corrected chi connectivity index (χ2v) is 6.99. The molecule has 0 unspecified atom stereocenters. The van der Waals surface area contributed by atoms with Gasteiger partial charge < -0.3 is 9.80 Å². The van der Waals surface area contributed by atoms with Crippen molar-refractivity contribution in [3.05, 3.63) is 71.5 Å². The first kappa shape index (κ1) is 17.5. The number of rotatable bonds is 3. The van der Waals surface area contributed by atoms with Gasteiger partial charge in [-0.25, -0.2) is 9.37 Å². The van der Waals surface area contributed by atoms with Crippen LogP contribution in [0.3, 0.4) is 0 Å². The van der Waals surface area contributed by atoms with E-state index in [0.717, 1.165) is 30.0 Å². The van der Waals surface area contributed by atoms with Gasteiger partial charge in [0.2, 0.25) is 5.91 Å². The zero-order chi connectivity index (χ0) is 18.8. The van der Waals surface area contributed by atoms with Gasteiger partial charge >= 0.3 is 0 Å². The van der Waals surface area contributed by atoms with Crippen molar-refractivity contribution in [2.75, 3.05) is 31.1 Å². The predicted octanol–water partition coefficient (Wildman–Crippen LogP) is 3.57. The molecule has 0 bridgehead atoms. The van der Waals surface area contributed by atoms with Crippen LogP contribution in [0.5, 0.6) is 0 Å². The van der Waals surface area contributed by atoms with Crippen molar-refractivity contribution >= 4 is 22.6 Å². The summed E-state index contributed by atoms with van der Waals surface area (Å²) in [5.74, 6) is 0.777. The van der Waals surface area contributed by atoms with E-state index in [2.05, 4.69) is 24.0 Å². The molecular formula is C22H22FN3O. The first-order chi connectivity index (χ1) is 13.1. The Balaban J connectivity index is 1.41. The monoisotopic (exact) mass is 363 g/mol. The summed E-state index contributed by atoms with van der Waals surface area (Å²) >= 11 is 0. The van der Waals surface area contributed by atoms with Crippen molar-refractivity contribution < 1.29 is 9.18 Å². The summed E-state index contributed by atoms with van der Waals surface area (Å²) in [5.41, 5.74) is 3.06. The summed E-state index contributed by atoms with van der Waals surface area (Å²) in [5, 5.41) is 1.18. The Hall–Kier alpha value is -2.95. The second kappa shape index (κ2) is 7.35. The largest absolute Gasteiger partial charge is 0.353 e. The maximum absolute atomic E-state index is 13.0. The molecule has 27 heavy (non-hydrogen) atoms. The topological polar surface area (TPSA) is 36.4 Å². The lowest BCUT2D eigenvalue weighted by Gasteiger charge is -2.35. The van der Waals surface area contributed by atoms with Crippen LogP contribution in [-0.2, 0) is 11.2 Å². The van der Waals surface area contributed by atoms with Crippen LogP contribution in [0.2, 0.25) is 0 Å². The number of hydrogen-bond donors (Lipinski definition) is 0. The first-order valence-electron chi connectivity index (χ1n) is 9.24. The third-order valence-electron chi connectivity index (χ3n) is 5.13. The van der Waals surface area contributed by atoms with Gasteiger partial charge in [0.1, 0.15) is 11.6 Å².